The molecule has 1 fully saturated rings. The SMILES string of the molecule is Cc1ccc(S(=O)(=O)N2CCO[C@H](CC(C)C)C2)cc1. The third-order valence-electron chi connectivity index (χ3n) is 3.49. The number of hydrogen-bond acceptors (Lipinski definition) is 3. The van der Waals surface area contributed by atoms with Gasteiger partial charge >= 0.3 is 0 Å². The van der Waals surface area contributed by atoms with Gasteiger partial charge in [-0.3, -0.25) is 0 Å². The van der Waals surface area contributed by atoms with Crippen LogP contribution in [0, 0.1) is 12.8 Å². The van der Waals surface area contributed by atoms with Crippen LogP contribution in [0.4, 0.5) is 0 Å². The molecule has 112 valence electrons. The molecule has 0 spiro atoms. The summed E-state index contributed by atoms with van der Waals surface area (Å²) in [4.78, 5) is 0.369. The smallest absolute Gasteiger partial charge is 0.243 e. The fourth-order valence-electron chi connectivity index (χ4n) is 2.44. The number of aryl methyl sites for hydroxylation is 1. The third-order valence-corrected chi connectivity index (χ3v) is 5.37. The van der Waals surface area contributed by atoms with Gasteiger partial charge in [-0.1, -0.05) is 31.5 Å². The van der Waals surface area contributed by atoms with Crippen molar-refractivity contribution in [1.82, 2.24) is 4.31 Å². The first-order chi connectivity index (χ1) is 9.39. The molecule has 0 amide bonds. The summed E-state index contributed by atoms with van der Waals surface area (Å²) < 4.78 is 32.4. The molecule has 0 unspecified atom stereocenters. The highest BCUT2D eigenvalue weighted by Gasteiger charge is 2.30. The number of ether oxygens (including phenoxy) is 1. The van der Waals surface area contributed by atoms with Crippen molar-refractivity contribution >= 4 is 10.0 Å². The maximum atomic E-state index is 12.6. The Morgan fingerprint density at radius 1 is 1.30 bits per heavy atom. The summed E-state index contributed by atoms with van der Waals surface area (Å²) in [6, 6.07) is 7.02. The minimum Gasteiger partial charge on any atom is -0.375 e. The molecule has 5 heteroatoms. The quantitative estimate of drug-likeness (QED) is 0.857. The minimum atomic E-state index is -3.39. The van der Waals surface area contributed by atoms with Crippen molar-refractivity contribution in [2.45, 2.75) is 38.2 Å². The molecule has 1 atom stereocenters. The number of rotatable bonds is 4. The van der Waals surface area contributed by atoms with Gasteiger partial charge in [-0.15, -0.1) is 0 Å². The Hall–Kier alpha value is -0.910. The topological polar surface area (TPSA) is 46.6 Å². The molecular weight excluding hydrogens is 274 g/mol. The molecule has 0 aromatic heterocycles. The van der Waals surface area contributed by atoms with Crippen LogP contribution in [-0.2, 0) is 14.8 Å². The van der Waals surface area contributed by atoms with Gasteiger partial charge in [-0.25, -0.2) is 8.42 Å². The average molecular weight is 297 g/mol. The van der Waals surface area contributed by atoms with Crippen LogP contribution in [0.3, 0.4) is 0 Å². The lowest BCUT2D eigenvalue weighted by molar-refractivity contribution is -0.0118. The highest BCUT2D eigenvalue weighted by molar-refractivity contribution is 7.89. The first kappa shape index (κ1) is 15.5. The van der Waals surface area contributed by atoms with E-state index in [4.69, 9.17) is 4.74 Å². The maximum Gasteiger partial charge on any atom is 0.243 e. The molecule has 4 nitrogen and oxygen atoms in total. The lowest BCUT2D eigenvalue weighted by Crippen LogP contribution is -2.45. The average Bonchev–Trinajstić information content (AvgIpc) is 2.39. The lowest BCUT2D eigenvalue weighted by atomic mass is 10.1. The van der Waals surface area contributed by atoms with Crippen molar-refractivity contribution in [1.29, 1.82) is 0 Å². The number of benzene rings is 1. The van der Waals surface area contributed by atoms with Gasteiger partial charge < -0.3 is 4.74 Å². The van der Waals surface area contributed by atoms with Crippen molar-refractivity contribution < 1.29 is 13.2 Å². The molecule has 0 N–H and O–H groups in total. The van der Waals surface area contributed by atoms with E-state index < -0.39 is 10.0 Å². The van der Waals surface area contributed by atoms with Gasteiger partial charge in [0.1, 0.15) is 0 Å². The van der Waals surface area contributed by atoms with E-state index in [1.807, 2.05) is 19.1 Å². The summed E-state index contributed by atoms with van der Waals surface area (Å²) in [5, 5.41) is 0. The number of hydrogen-bond donors (Lipinski definition) is 0. The molecule has 1 aliphatic rings. The van der Waals surface area contributed by atoms with Crippen LogP contribution in [0.5, 0.6) is 0 Å². The van der Waals surface area contributed by atoms with E-state index in [2.05, 4.69) is 13.8 Å². The van der Waals surface area contributed by atoms with Crippen molar-refractivity contribution in [3.05, 3.63) is 29.8 Å². The molecule has 2 rings (SSSR count). The number of sulfonamides is 1. The summed E-state index contributed by atoms with van der Waals surface area (Å²) in [7, 11) is -3.39. The first-order valence-electron chi connectivity index (χ1n) is 7.08. The van der Waals surface area contributed by atoms with E-state index in [-0.39, 0.29) is 6.10 Å². The van der Waals surface area contributed by atoms with Crippen LogP contribution in [0.15, 0.2) is 29.2 Å². The highest BCUT2D eigenvalue weighted by Crippen LogP contribution is 2.21. The normalized spacial score (nSPS) is 21.3. The van der Waals surface area contributed by atoms with E-state index >= 15 is 0 Å². The molecule has 20 heavy (non-hydrogen) atoms. The molecular formula is C15H23NO3S. The summed E-state index contributed by atoms with van der Waals surface area (Å²) in [5.41, 5.74) is 1.06. The Kier molecular flexibility index (Phi) is 4.83. The van der Waals surface area contributed by atoms with Crippen LogP contribution in [0.2, 0.25) is 0 Å². The van der Waals surface area contributed by atoms with Crippen molar-refractivity contribution in [2.75, 3.05) is 19.7 Å². The lowest BCUT2D eigenvalue weighted by Gasteiger charge is -2.33. The van der Waals surface area contributed by atoms with E-state index in [1.54, 1.807) is 16.4 Å². The maximum absolute atomic E-state index is 12.6. The number of nitrogens with zero attached hydrogens (tertiary/aromatic N) is 1. The van der Waals surface area contributed by atoms with Crippen LogP contribution in [0.25, 0.3) is 0 Å². The summed E-state index contributed by atoms with van der Waals surface area (Å²) in [6.07, 6.45) is 0.892. The Bertz CT molecular complexity index is 537. The molecule has 0 saturated carbocycles. The predicted molar refractivity (Wildman–Crippen MR) is 79.1 cm³/mol. The fourth-order valence-corrected chi connectivity index (χ4v) is 3.89. The Morgan fingerprint density at radius 3 is 2.55 bits per heavy atom. The molecule has 1 saturated heterocycles. The van der Waals surface area contributed by atoms with Crippen molar-refractivity contribution in [3.8, 4) is 0 Å². The molecule has 0 aliphatic carbocycles. The monoisotopic (exact) mass is 297 g/mol. The Morgan fingerprint density at radius 2 is 1.95 bits per heavy atom. The summed E-state index contributed by atoms with van der Waals surface area (Å²) >= 11 is 0. The van der Waals surface area contributed by atoms with Crippen LogP contribution < -0.4 is 0 Å². The molecule has 1 heterocycles. The van der Waals surface area contributed by atoms with Gasteiger partial charge in [0.25, 0.3) is 0 Å². The van der Waals surface area contributed by atoms with Gasteiger partial charge in [0.15, 0.2) is 0 Å². The van der Waals surface area contributed by atoms with Crippen LogP contribution in [-0.4, -0.2) is 38.5 Å². The summed E-state index contributed by atoms with van der Waals surface area (Å²) in [5.74, 6) is 0.502. The molecule has 1 aromatic rings. The van der Waals surface area contributed by atoms with E-state index in [0.717, 1.165) is 12.0 Å². The van der Waals surface area contributed by atoms with Gasteiger partial charge in [-0.2, -0.15) is 4.31 Å². The first-order valence-corrected chi connectivity index (χ1v) is 8.52. The Labute approximate surface area is 121 Å². The van der Waals surface area contributed by atoms with Gasteiger partial charge in [0.2, 0.25) is 10.0 Å². The van der Waals surface area contributed by atoms with Crippen LogP contribution in [0.1, 0.15) is 25.8 Å². The van der Waals surface area contributed by atoms with E-state index in [1.165, 1.54) is 0 Å². The van der Waals surface area contributed by atoms with Crippen LogP contribution >= 0.6 is 0 Å². The van der Waals surface area contributed by atoms with Gasteiger partial charge in [-0.05, 0) is 31.4 Å². The third kappa shape index (κ3) is 3.59. The Balaban J connectivity index is 2.14. The van der Waals surface area contributed by atoms with Gasteiger partial charge in [0.05, 0.1) is 17.6 Å². The standard InChI is InChI=1S/C15H23NO3S/c1-12(2)10-14-11-16(8-9-19-14)20(17,18)15-6-4-13(3)5-7-15/h4-7,12,14H,8-11H2,1-3H3/t14-/m1/s1. The zero-order valence-electron chi connectivity index (χ0n) is 12.4. The second-order valence-electron chi connectivity index (χ2n) is 5.80. The van der Waals surface area contributed by atoms with E-state index in [9.17, 15) is 8.42 Å². The largest absolute Gasteiger partial charge is 0.375 e. The summed E-state index contributed by atoms with van der Waals surface area (Å²) in [6.45, 7) is 7.55. The van der Waals surface area contributed by atoms with E-state index in [0.29, 0.717) is 30.5 Å². The molecule has 0 radical (unpaired) electrons. The second-order valence-corrected chi connectivity index (χ2v) is 7.74. The second kappa shape index (κ2) is 6.24. The zero-order chi connectivity index (χ0) is 14.8. The zero-order valence-corrected chi connectivity index (χ0v) is 13.2. The van der Waals surface area contributed by atoms with Gasteiger partial charge in [0, 0.05) is 13.1 Å². The number of morpholine rings is 1. The minimum absolute atomic E-state index is 0.00368. The molecule has 0 bridgehead atoms. The fraction of sp³-hybridized carbons (Fsp3) is 0.600. The van der Waals surface area contributed by atoms with Crippen molar-refractivity contribution in [2.24, 2.45) is 5.92 Å². The molecule has 1 aliphatic heterocycles. The highest BCUT2D eigenvalue weighted by atomic mass is 32.2. The van der Waals surface area contributed by atoms with Crippen molar-refractivity contribution in [3.63, 3.8) is 0 Å². The molecule has 1 aromatic carbocycles. The predicted octanol–water partition coefficient (Wildman–Crippen LogP) is 2.43.